The molecule has 5 heteroatoms. The summed E-state index contributed by atoms with van der Waals surface area (Å²) in [6.45, 7) is 2.28. The summed E-state index contributed by atoms with van der Waals surface area (Å²) in [5.74, 6) is -0.385. The van der Waals surface area contributed by atoms with Crippen LogP contribution in [0.25, 0.3) is 0 Å². The lowest BCUT2D eigenvalue weighted by molar-refractivity contribution is -0.135. The van der Waals surface area contributed by atoms with Crippen LogP contribution < -0.4 is 5.32 Å². The summed E-state index contributed by atoms with van der Waals surface area (Å²) in [5.41, 5.74) is 0.722. The molecule has 2 saturated heterocycles. The zero-order chi connectivity index (χ0) is 14.0. The minimum Gasteiger partial charge on any atom is -0.382 e. The van der Waals surface area contributed by atoms with Crippen LogP contribution in [0.15, 0.2) is 18.2 Å². The van der Waals surface area contributed by atoms with E-state index >= 15 is 0 Å². The van der Waals surface area contributed by atoms with Crippen LogP contribution in [-0.2, 0) is 9.47 Å². The number of halogens is 2. The second-order valence-corrected chi connectivity index (χ2v) is 6.01. The average molecular weight is 300 g/mol. The van der Waals surface area contributed by atoms with Crippen molar-refractivity contribution < 1.29 is 13.9 Å². The van der Waals surface area contributed by atoms with Crippen LogP contribution >= 0.6 is 11.6 Å². The first-order valence-corrected chi connectivity index (χ1v) is 7.48. The smallest absolute Gasteiger partial charge is 0.143 e. The molecule has 3 nitrogen and oxygen atoms in total. The fraction of sp³-hybridized carbons (Fsp3) is 0.600. The van der Waals surface area contributed by atoms with Gasteiger partial charge in [0.15, 0.2) is 0 Å². The Hall–Kier alpha value is -0.840. The van der Waals surface area contributed by atoms with Gasteiger partial charge < -0.3 is 14.8 Å². The SMILES string of the molecule is Fc1cc(NC2CCOC3(CCOCC3)C2)ccc1Cl. The van der Waals surface area contributed by atoms with Gasteiger partial charge in [-0.3, -0.25) is 0 Å². The lowest BCUT2D eigenvalue weighted by atomic mass is 9.84. The summed E-state index contributed by atoms with van der Waals surface area (Å²) in [7, 11) is 0. The van der Waals surface area contributed by atoms with E-state index in [9.17, 15) is 4.39 Å². The Labute approximate surface area is 123 Å². The van der Waals surface area contributed by atoms with E-state index in [4.69, 9.17) is 21.1 Å². The van der Waals surface area contributed by atoms with Crippen molar-refractivity contribution in [2.45, 2.75) is 37.3 Å². The minimum absolute atomic E-state index is 0.0564. The van der Waals surface area contributed by atoms with Gasteiger partial charge in [0.05, 0.1) is 10.6 Å². The third-order valence-corrected chi connectivity index (χ3v) is 4.49. The maximum atomic E-state index is 13.5. The normalized spacial score (nSPS) is 25.6. The van der Waals surface area contributed by atoms with Crippen molar-refractivity contribution >= 4 is 17.3 Å². The Morgan fingerprint density at radius 1 is 1.25 bits per heavy atom. The third kappa shape index (κ3) is 3.08. The molecule has 0 saturated carbocycles. The highest BCUT2D eigenvalue weighted by Crippen LogP contribution is 2.35. The van der Waals surface area contributed by atoms with Gasteiger partial charge in [0.1, 0.15) is 5.82 Å². The van der Waals surface area contributed by atoms with Crippen molar-refractivity contribution in [2.24, 2.45) is 0 Å². The first-order valence-electron chi connectivity index (χ1n) is 7.10. The first-order chi connectivity index (χ1) is 9.67. The standard InChI is InChI=1S/C15H19ClFNO2/c16-13-2-1-11(9-14(13)17)18-12-3-6-20-15(10-12)4-7-19-8-5-15/h1-2,9,12,18H,3-8,10H2. The van der Waals surface area contributed by atoms with Gasteiger partial charge in [0.2, 0.25) is 0 Å². The molecule has 1 spiro atoms. The van der Waals surface area contributed by atoms with Crippen molar-refractivity contribution in [3.8, 4) is 0 Å². The van der Waals surface area contributed by atoms with Crippen LogP contribution in [0.1, 0.15) is 25.7 Å². The van der Waals surface area contributed by atoms with Gasteiger partial charge in [-0.1, -0.05) is 11.6 Å². The van der Waals surface area contributed by atoms with E-state index in [-0.39, 0.29) is 16.4 Å². The molecule has 1 N–H and O–H groups in total. The predicted molar refractivity (Wildman–Crippen MR) is 76.8 cm³/mol. The van der Waals surface area contributed by atoms with E-state index in [1.165, 1.54) is 6.07 Å². The molecule has 0 radical (unpaired) electrons. The summed E-state index contributed by atoms with van der Waals surface area (Å²) >= 11 is 5.70. The number of ether oxygens (including phenoxy) is 2. The van der Waals surface area contributed by atoms with Crippen LogP contribution in [0.2, 0.25) is 5.02 Å². The van der Waals surface area contributed by atoms with Crippen molar-refractivity contribution in [2.75, 3.05) is 25.1 Å². The number of nitrogens with one attached hydrogen (secondary N) is 1. The molecule has 1 aromatic carbocycles. The molecule has 110 valence electrons. The molecule has 20 heavy (non-hydrogen) atoms. The van der Waals surface area contributed by atoms with Crippen LogP contribution in [0, 0.1) is 5.82 Å². The Morgan fingerprint density at radius 3 is 2.80 bits per heavy atom. The number of hydrogen-bond acceptors (Lipinski definition) is 3. The van der Waals surface area contributed by atoms with Gasteiger partial charge in [-0.2, -0.15) is 0 Å². The molecule has 3 rings (SSSR count). The quantitative estimate of drug-likeness (QED) is 0.905. The number of rotatable bonds is 2. The second-order valence-electron chi connectivity index (χ2n) is 5.61. The van der Waals surface area contributed by atoms with Crippen molar-refractivity contribution in [1.82, 2.24) is 0 Å². The third-order valence-electron chi connectivity index (χ3n) is 4.19. The van der Waals surface area contributed by atoms with E-state index in [1.807, 2.05) is 6.07 Å². The summed E-state index contributed by atoms with van der Waals surface area (Å²) in [6.07, 6.45) is 3.77. The van der Waals surface area contributed by atoms with Crippen LogP contribution in [0.4, 0.5) is 10.1 Å². The number of hydrogen-bond donors (Lipinski definition) is 1. The molecule has 0 aliphatic carbocycles. The topological polar surface area (TPSA) is 30.5 Å². The fourth-order valence-corrected chi connectivity index (χ4v) is 3.18. The lowest BCUT2D eigenvalue weighted by Gasteiger charge is -2.43. The van der Waals surface area contributed by atoms with E-state index in [2.05, 4.69) is 5.32 Å². The first kappa shape index (κ1) is 14.1. The summed E-state index contributed by atoms with van der Waals surface area (Å²) < 4.78 is 24.9. The van der Waals surface area contributed by atoms with E-state index in [1.54, 1.807) is 6.07 Å². The Kier molecular flexibility index (Phi) is 4.15. The number of benzene rings is 1. The average Bonchev–Trinajstić information content (AvgIpc) is 2.44. The maximum Gasteiger partial charge on any atom is 0.143 e. The Balaban J connectivity index is 1.66. The van der Waals surface area contributed by atoms with Gasteiger partial charge in [-0.15, -0.1) is 0 Å². The molecule has 1 unspecified atom stereocenters. The second kappa shape index (κ2) is 5.88. The highest BCUT2D eigenvalue weighted by molar-refractivity contribution is 6.30. The highest BCUT2D eigenvalue weighted by atomic mass is 35.5. The van der Waals surface area contributed by atoms with E-state index < -0.39 is 0 Å². The van der Waals surface area contributed by atoms with Crippen LogP contribution in [-0.4, -0.2) is 31.5 Å². The molecule has 0 bridgehead atoms. The molecular formula is C15H19ClFNO2. The molecule has 1 aromatic rings. The summed E-state index contributed by atoms with van der Waals surface area (Å²) in [4.78, 5) is 0. The highest BCUT2D eigenvalue weighted by Gasteiger charge is 2.38. The fourth-order valence-electron chi connectivity index (χ4n) is 3.06. The molecule has 0 amide bonds. The Morgan fingerprint density at radius 2 is 2.05 bits per heavy atom. The zero-order valence-corrected chi connectivity index (χ0v) is 12.1. The van der Waals surface area contributed by atoms with Gasteiger partial charge >= 0.3 is 0 Å². The molecule has 1 atom stereocenters. The van der Waals surface area contributed by atoms with Crippen molar-refractivity contribution in [3.63, 3.8) is 0 Å². The van der Waals surface area contributed by atoms with Crippen LogP contribution in [0.3, 0.4) is 0 Å². The monoisotopic (exact) mass is 299 g/mol. The minimum atomic E-state index is -0.385. The van der Waals surface area contributed by atoms with Gasteiger partial charge in [-0.25, -0.2) is 4.39 Å². The maximum absolute atomic E-state index is 13.5. The molecule has 2 fully saturated rings. The lowest BCUT2D eigenvalue weighted by Crippen LogP contribution is -2.47. The Bertz CT molecular complexity index is 471. The van der Waals surface area contributed by atoms with Gasteiger partial charge in [-0.05, 0) is 43.9 Å². The molecular weight excluding hydrogens is 281 g/mol. The largest absolute Gasteiger partial charge is 0.382 e. The van der Waals surface area contributed by atoms with Crippen molar-refractivity contribution in [1.29, 1.82) is 0 Å². The summed E-state index contributed by atoms with van der Waals surface area (Å²) in [6, 6.07) is 5.16. The molecule has 2 aliphatic rings. The van der Waals surface area contributed by atoms with Gasteiger partial charge in [0.25, 0.3) is 0 Å². The molecule has 2 heterocycles. The van der Waals surface area contributed by atoms with E-state index in [0.717, 1.165) is 51.2 Å². The predicted octanol–water partition coefficient (Wildman–Crippen LogP) is 3.62. The summed E-state index contributed by atoms with van der Waals surface area (Å²) in [5, 5.41) is 3.56. The molecule has 0 aromatic heterocycles. The molecule has 2 aliphatic heterocycles. The van der Waals surface area contributed by atoms with Crippen molar-refractivity contribution in [3.05, 3.63) is 29.0 Å². The van der Waals surface area contributed by atoms with Gasteiger partial charge in [0, 0.05) is 31.5 Å². The van der Waals surface area contributed by atoms with E-state index in [0.29, 0.717) is 6.04 Å². The zero-order valence-electron chi connectivity index (χ0n) is 11.3. The van der Waals surface area contributed by atoms with Crippen LogP contribution in [0.5, 0.6) is 0 Å². The number of anilines is 1.